The van der Waals surface area contributed by atoms with Crippen LogP contribution in [-0.4, -0.2) is 37.0 Å². The lowest BCUT2D eigenvalue weighted by Gasteiger charge is -2.21. The summed E-state index contributed by atoms with van der Waals surface area (Å²) in [5.74, 6) is 0. The molecule has 1 aliphatic carbocycles. The van der Waals surface area contributed by atoms with Crippen molar-refractivity contribution >= 4 is 10.0 Å². The SMILES string of the molecule is O=S(=O)(c1ccc(-c2ccccc2)cc1)N(CCO)C1CC1. The average Bonchev–Trinajstić information content (AvgIpc) is 3.38. The second kappa shape index (κ2) is 6.20. The third kappa shape index (κ3) is 3.06. The summed E-state index contributed by atoms with van der Waals surface area (Å²) < 4.78 is 26.8. The first-order chi connectivity index (χ1) is 10.6. The van der Waals surface area contributed by atoms with E-state index in [1.54, 1.807) is 12.1 Å². The monoisotopic (exact) mass is 317 g/mol. The number of nitrogens with zero attached hydrogens (tertiary/aromatic N) is 1. The van der Waals surface area contributed by atoms with Crippen LogP contribution in [0.5, 0.6) is 0 Å². The Morgan fingerprint density at radius 2 is 1.55 bits per heavy atom. The van der Waals surface area contributed by atoms with E-state index >= 15 is 0 Å². The van der Waals surface area contributed by atoms with E-state index in [0.717, 1.165) is 24.0 Å². The van der Waals surface area contributed by atoms with E-state index in [0.29, 0.717) is 0 Å². The highest BCUT2D eigenvalue weighted by Gasteiger charge is 2.37. The smallest absolute Gasteiger partial charge is 0.243 e. The molecule has 1 saturated carbocycles. The molecule has 0 heterocycles. The van der Waals surface area contributed by atoms with Crippen molar-refractivity contribution < 1.29 is 13.5 Å². The molecule has 22 heavy (non-hydrogen) atoms. The van der Waals surface area contributed by atoms with E-state index in [1.807, 2.05) is 42.5 Å². The summed E-state index contributed by atoms with van der Waals surface area (Å²) in [6.07, 6.45) is 1.75. The average molecular weight is 317 g/mol. The van der Waals surface area contributed by atoms with Crippen LogP contribution >= 0.6 is 0 Å². The van der Waals surface area contributed by atoms with Gasteiger partial charge in [0.1, 0.15) is 0 Å². The van der Waals surface area contributed by atoms with E-state index in [-0.39, 0.29) is 24.1 Å². The van der Waals surface area contributed by atoms with E-state index in [4.69, 9.17) is 5.11 Å². The lowest BCUT2D eigenvalue weighted by Crippen LogP contribution is -2.35. The molecule has 2 aromatic carbocycles. The number of rotatable bonds is 6. The molecule has 0 aliphatic heterocycles. The minimum atomic E-state index is -3.53. The topological polar surface area (TPSA) is 57.6 Å². The van der Waals surface area contributed by atoms with Crippen LogP contribution in [0.3, 0.4) is 0 Å². The quantitative estimate of drug-likeness (QED) is 0.890. The molecule has 1 N–H and O–H groups in total. The normalized spacial score (nSPS) is 15.2. The number of hydrogen-bond donors (Lipinski definition) is 1. The molecular weight excluding hydrogens is 298 g/mol. The summed E-state index contributed by atoms with van der Waals surface area (Å²) in [5.41, 5.74) is 2.04. The van der Waals surface area contributed by atoms with E-state index in [9.17, 15) is 8.42 Å². The van der Waals surface area contributed by atoms with Crippen LogP contribution < -0.4 is 0 Å². The van der Waals surface area contributed by atoms with Gasteiger partial charge in [0, 0.05) is 12.6 Å². The van der Waals surface area contributed by atoms with Gasteiger partial charge in [0.05, 0.1) is 11.5 Å². The highest BCUT2D eigenvalue weighted by atomic mass is 32.2. The van der Waals surface area contributed by atoms with Gasteiger partial charge >= 0.3 is 0 Å². The number of aliphatic hydroxyl groups excluding tert-OH is 1. The Labute approximate surface area is 131 Å². The van der Waals surface area contributed by atoms with Gasteiger partial charge in [-0.05, 0) is 36.1 Å². The molecule has 3 rings (SSSR count). The number of sulfonamides is 1. The van der Waals surface area contributed by atoms with Crippen molar-refractivity contribution in [3.05, 3.63) is 54.6 Å². The molecule has 0 amide bonds. The van der Waals surface area contributed by atoms with Crippen molar-refractivity contribution in [2.45, 2.75) is 23.8 Å². The molecule has 116 valence electrons. The van der Waals surface area contributed by atoms with Crippen molar-refractivity contribution in [3.63, 3.8) is 0 Å². The molecule has 1 aliphatic rings. The van der Waals surface area contributed by atoms with Crippen LogP contribution in [0.1, 0.15) is 12.8 Å². The lowest BCUT2D eigenvalue weighted by atomic mass is 10.1. The molecular formula is C17H19NO3S. The number of aliphatic hydroxyl groups is 1. The van der Waals surface area contributed by atoms with Crippen LogP contribution in [0.25, 0.3) is 11.1 Å². The van der Waals surface area contributed by atoms with Crippen molar-refractivity contribution in [1.82, 2.24) is 4.31 Å². The first kappa shape index (κ1) is 15.2. The van der Waals surface area contributed by atoms with Gasteiger partial charge in [-0.3, -0.25) is 0 Å². The Balaban J connectivity index is 1.88. The Morgan fingerprint density at radius 3 is 2.09 bits per heavy atom. The molecule has 0 saturated heterocycles. The fourth-order valence-electron chi connectivity index (χ4n) is 2.55. The van der Waals surface area contributed by atoms with Gasteiger partial charge in [-0.1, -0.05) is 42.5 Å². The summed E-state index contributed by atoms with van der Waals surface area (Å²) in [7, 11) is -3.53. The zero-order chi connectivity index (χ0) is 15.6. The molecule has 1 fully saturated rings. The largest absolute Gasteiger partial charge is 0.395 e. The van der Waals surface area contributed by atoms with Crippen LogP contribution in [0, 0.1) is 0 Å². The Bertz CT molecular complexity index is 722. The molecule has 5 heteroatoms. The molecule has 0 atom stereocenters. The van der Waals surface area contributed by atoms with Gasteiger partial charge in [0.2, 0.25) is 10.0 Å². The molecule has 0 unspecified atom stereocenters. The summed E-state index contributed by atoms with van der Waals surface area (Å²) in [5, 5.41) is 9.11. The van der Waals surface area contributed by atoms with E-state index in [2.05, 4.69) is 0 Å². The number of benzene rings is 2. The second-order valence-electron chi connectivity index (χ2n) is 5.46. The van der Waals surface area contributed by atoms with Crippen LogP contribution in [-0.2, 0) is 10.0 Å². The zero-order valence-corrected chi connectivity index (χ0v) is 13.0. The first-order valence-electron chi connectivity index (χ1n) is 7.41. The maximum absolute atomic E-state index is 12.7. The molecule has 0 bridgehead atoms. The highest BCUT2D eigenvalue weighted by molar-refractivity contribution is 7.89. The van der Waals surface area contributed by atoms with Crippen molar-refractivity contribution in [2.24, 2.45) is 0 Å². The van der Waals surface area contributed by atoms with Crippen LogP contribution in [0.4, 0.5) is 0 Å². The van der Waals surface area contributed by atoms with Gasteiger partial charge in [0.25, 0.3) is 0 Å². The summed E-state index contributed by atoms with van der Waals surface area (Å²) >= 11 is 0. The number of hydrogen-bond acceptors (Lipinski definition) is 3. The maximum atomic E-state index is 12.7. The lowest BCUT2D eigenvalue weighted by molar-refractivity contribution is 0.250. The van der Waals surface area contributed by atoms with Gasteiger partial charge in [-0.15, -0.1) is 0 Å². The van der Waals surface area contributed by atoms with E-state index in [1.165, 1.54) is 4.31 Å². The second-order valence-corrected chi connectivity index (χ2v) is 7.35. The van der Waals surface area contributed by atoms with Gasteiger partial charge in [-0.2, -0.15) is 4.31 Å². The first-order valence-corrected chi connectivity index (χ1v) is 8.85. The standard InChI is InChI=1S/C17H19NO3S/c19-13-12-18(16-8-9-16)22(20,21)17-10-6-15(7-11-17)14-4-2-1-3-5-14/h1-7,10-11,16,19H,8-9,12-13H2. The van der Waals surface area contributed by atoms with Crippen molar-refractivity contribution in [3.8, 4) is 11.1 Å². The Hall–Kier alpha value is -1.69. The Kier molecular flexibility index (Phi) is 4.29. The molecule has 0 spiro atoms. The minimum absolute atomic E-state index is 0.0472. The van der Waals surface area contributed by atoms with Gasteiger partial charge < -0.3 is 5.11 Å². The highest BCUT2D eigenvalue weighted by Crippen LogP contribution is 2.32. The molecule has 0 aromatic heterocycles. The van der Waals surface area contributed by atoms with Crippen molar-refractivity contribution in [2.75, 3.05) is 13.2 Å². The third-order valence-electron chi connectivity index (χ3n) is 3.84. The third-order valence-corrected chi connectivity index (χ3v) is 5.81. The van der Waals surface area contributed by atoms with Crippen molar-refractivity contribution in [1.29, 1.82) is 0 Å². The van der Waals surface area contributed by atoms with E-state index < -0.39 is 10.0 Å². The zero-order valence-electron chi connectivity index (χ0n) is 12.2. The molecule has 2 aromatic rings. The Morgan fingerprint density at radius 1 is 0.955 bits per heavy atom. The fourth-order valence-corrected chi connectivity index (χ4v) is 4.22. The summed E-state index contributed by atoms with van der Waals surface area (Å²) in [4.78, 5) is 0.285. The van der Waals surface area contributed by atoms with Gasteiger partial charge in [-0.25, -0.2) is 8.42 Å². The maximum Gasteiger partial charge on any atom is 0.243 e. The predicted molar refractivity (Wildman–Crippen MR) is 85.9 cm³/mol. The minimum Gasteiger partial charge on any atom is -0.395 e. The van der Waals surface area contributed by atoms with Crippen LogP contribution in [0.15, 0.2) is 59.5 Å². The predicted octanol–water partition coefficient (Wildman–Crippen LogP) is 2.50. The van der Waals surface area contributed by atoms with Crippen LogP contribution in [0.2, 0.25) is 0 Å². The summed E-state index contributed by atoms with van der Waals surface area (Å²) in [6, 6.07) is 16.8. The summed E-state index contributed by atoms with van der Waals surface area (Å²) in [6.45, 7) is 0.00522. The molecule has 4 nitrogen and oxygen atoms in total. The fraction of sp³-hybridized carbons (Fsp3) is 0.294. The molecule has 0 radical (unpaired) electrons. The van der Waals surface area contributed by atoms with Gasteiger partial charge in [0.15, 0.2) is 0 Å².